The highest BCUT2D eigenvalue weighted by atomic mass is 32.2. The minimum Gasteiger partial charge on any atom is -0.259 e. The predicted molar refractivity (Wildman–Crippen MR) is 107 cm³/mol. The first-order valence-corrected chi connectivity index (χ1v) is 10.2. The number of benzene rings is 3. The number of aryl methyl sites for hydroxylation is 2. The van der Waals surface area contributed by atoms with Gasteiger partial charge in [-0.25, -0.2) is 12.8 Å². The third-order valence-corrected chi connectivity index (χ3v) is 6.65. The monoisotopic (exact) mass is 383 g/mol. The Kier molecular flexibility index (Phi) is 5.33. The summed E-state index contributed by atoms with van der Waals surface area (Å²) in [6, 6.07) is 19.6. The maximum Gasteiger partial charge on any atom is 0.265 e. The van der Waals surface area contributed by atoms with Crippen LogP contribution in [0.5, 0.6) is 0 Å². The molecular weight excluding hydrogens is 361 g/mol. The maximum absolute atomic E-state index is 14.4. The molecule has 0 N–H and O–H groups in total. The summed E-state index contributed by atoms with van der Waals surface area (Å²) in [5.41, 5.74) is 2.42. The van der Waals surface area contributed by atoms with Crippen molar-refractivity contribution in [3.05, 3.63) is 95.3 Å². The molecule has 1 unspecified atom stereocenters. The van der Waals surface area contributed by atoms with E-state index in [0.717, 1.165) is 5.56 Å². The predicted octanol–water partition coefficient (Wildman–Crippen LogP) is 5.40. The van der Waals surface area contributed by atoms with Crippen molar-refractivity contribution in [2.45, 2.75) is 31.7 Å². The van der Waals surface area contributed by atoms with Crippen LogP contribution in [0.3, 0.4) is 0 Å². The Balaban J connectivity index is 2.22. The minimum absolute atomic E-state index is 0.217. The van der Waals surface area contributed by atoms with E-state index in [4.69, 9.17) is 0 Å². The Morgan fingerprint density at radius 1 is 0.889 bits per heavy atom. The molecule has 0 amide bonds. The zero-order valence-electron chi connectivity index (χ0n) is 15.6. The molecule has 0 saturated heterocycles. The van der Waals surface area contributed by atoms with E-state index in [9.17, 15) is 12.8 Å². The molecule has 27 heavy (non-hydrogen) atoms. The molecule has 0 radical (unpaired) electrons. The van der Waals surface area contributed by atoms with Crippen molar-refractivity contribution in [3.8, 4) is 0 Å². The average Bonchev–Trinajstić information content (AvgIpc) is 2.62. The molecule has 3 nitrogen and oxygen atoms in total. The molecule has 0 aliphatic carbocycles. The van der Waals surface area contributed by atoms with Crippen LogP contribution in [0.25, 0.3) is 0 Å². The number of anilines is 1. The van der Waals surface area contributed by atoms with Gasteiger partial charge < -0.3 is 0 Å². The minimum atomic E-state index is -3.90. The zero-order chi connectivity index (χ0) is 19.6. The Hall–Kier alpha value is -2.66. The molecule has 0 aliphatic heterocycles. The Labute approximate surface area is 160 Å². The number of hydrogen-bond donors (Lipinski definition) is 0. The summed E-state index contributed by atoms with van der Waals surface area (Å²) in [4.78, 5) is 0.217. The first-order valence-electron chi connectivity index (χ1n) is 8.73. The van der Waals surface area contributed by atoms with Crippen LogP contribution in [0.4, 0.5) is 10.1 Å². The van der Waals surface area contributed by atoms with Crippen molar-refractivity contribution >= 4 is 15.7 Å². The quantitative estimate of drug-likeness (QED) is 0.592. The number of nitrogens with zero attached hydrogens (tertiary/aromatic N) is 1. The molecule has 0 heterocycles. The standard InChI is InChI=1S/C22H22FNO2S/c1-16-9-8-11-19(15-16)24(18(3)20-12-5-6-13-21(20)23)27(25,26)22-14-7-4-10-17(22)2/h4-15,18H,1-3H3. The van der Waals surface area contributed by atoms with Gasteiger partial charge in [0.15, 0.2) is 0 Å². The first kappa shape index (κ1) is 19.1. The van der Waals surface area contributed by atoms with Gasteiger partial charge in [-0.1, -0.05) is 48.5 Å². The molecule has 140 valence electrons. The van der Waals surface area contributed by atoms with Crippen molar-refractivity contribution < 1.29 is 12.8 Å². The van der Waals surface area contributed by atoms with E-state index < -0.39 is 21.9 Å². The van der Waals surface area contributed by atoms with Gasteiger partial charge in [0.25, 0.3) is 10.0 Å². The Morgan fingerprint density at radius 3 is 2.22 bits per heavy atom. The molecule has 0 aliphatic rings. The normalized spacial score (nSPS) is 12.6. The van der Waals surface area contributed by atoms with Gasteiger partial charge in [0.05, 0.1) is 16.6 Å². The van der Waals surface area contributed by atoms with Crippen molar-refractivity contribution in [2.24, 2.45) is 0 Å². The van der Waals surface area contributed by atoms with Crippen LogP contribution in [0.15, 0.2) is 77.7 Å². The molecule has 0 aromatic heterocycles. The molecule has 3 rings (SSSR count). The zero-order valence-corrected chi connectivity index (χ0v) is 16.4. The molecule has 5 heteroatoms. The summed E-state index contributed by atoms with van der Waals surface area (Å²) >= 11 is 0. The lowest BCUT2D eigenvalue weighted by Crippen LogP contribution is -2.34. The number of rotatable bonds is 5. The van der Waals surface area contributed by atoms with Crippen molar-refractivity contribution in [1.82, 2.24) is 0 Å². The summed E-state index contributed by atoms with van der Waals surface area (Å²) in [7, 11) is -3.90. The summed E-state index contributed by atoms with van der Waals surface area (Å²) in [5.74, 6) is -0.428. The topological polar surface area (TPSA) is 37.4 Å². The van der Waals surface area contributed by atoms with Gasteiger partial charge in [-0.3, -0.25) is 4.31 Å². The molecule has 1 atom stereocenters. The van der Waals surface area contributed by atoms with Crippen LogP contribution >= 0.6 is 0 Å². The molecule has 3 aromatic rings. The van der Waals surface area contributed by atoms with E-state index in [1.807, 2.05) is 13.0 Å². The van der Waals surface area contributed by atoms with Gasteiger partial charge in [0.1, 0.15) is 5.82 Å². The van der Waals surface area contributed by atoms with Gasteiger partial charge in [-0.15, -0.1) is 0 Å². The molecule has 3 aromatic carbocycles. The lowest BCUT2D eigenvalue weighted by atomic mass is 10.1. The fraction of sp³-hybridized carbons (Fsp3) is 0.182. The summed E-state index contributed by atoms with van der Waals surface area (Å²) in [5, 5.41) is 0. The second-order valence-corrected chi connectivity index (χ2v) is 8.39. The number of hydrogen-bond acceptors (Lipinski definition) is 2. The largest absolute Gasteiger partial charge is 0.265 e. The highest BCUT2D eigenvalue weighted by Crippen LogP contribution is 2.35. The van der Waals surface area contributed by atoms with Gasteiger partial charge in [-0.05, 0) is 56.2 Å². The maximum atomic E-state index is 14.4. The number of sulfonamides is 1. The third kappa shape index (κ3) is 3.74. The Morgan fingerprint density at radius 2 is 1.56 bits per heavy atom. The smallest absolute Gasteiger partial charge is 0.259 e. The van der Waals surface area contributed by atoms with Gasteiger partial charge in [0.2, 0.25) is 0 Å². The summed E-state index contributed by atoms with van der Waals surface area (Å²) < 4.78 is 42.9. The van der Waals surface area contributed by atoms with Gasteiger partial charge in [-0.2, -0.15) is 0 Å². The van der Waals surface area contributed by atoms with Crippen LogP contribution < -0.4 is 4.31 Å². The van der Waals surface area contributed by atoms with E-state index in [2.05, 4.69) is 0 Å². The Bertz CT molecular complexity index is 1060. The second kappa shape index (κ2) is 7.53. The SMILES string of the molecule is Cc1cccc(N(C(C)c2ccccc2F)S(=O)(=O)c2ccccc2C)c1. The van der Waals surface area contributed by atoms with Crippen molar-refractivity contribution in [2.75, 3.05) is 4.31 Å². The molecule has 0 saturated carbocycles. The van der Waals surface area contributed by atoms with Crippen LogP contribution in [0.1, 0.15) is 29.7 Å². The van der Waals surface area contributed by atoms with Crippen LogP contribution in [-0.2, 0) is 10.0 Å². The van der Waals surface area contributed by atoms with E-state index in [1.54, 1.807) is 74.5 Å². The van der Waals surface area contributed by atoms with Crippen LogP contribution in [-0.4, -0.2) is 8.42 Å². The summed E-state index contributed by atoms with van der Waals surface area (Å²) in [6.07, 6.45) is 0. The highest BCUT2D eigenvalue weighted by Gasteiger charge is 2.32. The third-order valence-electron chi connectivity index (χ3n) is 4.59. The lowest BCUT2D eigenvalue weighted by molar-refractivity contribution is 0.569. The van der Waals surface area contributed by atoms with Crippen LogP contribution in [0.2, 0.25) is 0 Å². The van der Waals surface area contributed by atoms with Gasteiger partial charge >= 0.3 is 0 Å². The highest BCUT2D eigenvalue weighted by molar-refractivity contribution is 7.92. The fourth-order valence-electron chi connectivity index (χ4n) is 3.23. The van der Waals surface area contributed by atoms with E-state index >= 15 is 0 Å². The van der Waals surface area contributed by atoms with E-state index in [0.29, 0.717) is 16.8 Å². The fourth-order valence-corrected chi connectivity index (χ4v) is 5.09. The van der Waals surface area contributed by atoms with Crippen LogP contribution in [0, 0.1) is 19.7 Å². The lowest BCUT2D eigenvalue weighted by Gasteiger charge is -2.31. The molecule has 0 bridgehead atoms. The van der Waals surface area contributed by atoms with Crippen molar-refractivity contribution in [3.63, 3.8) is 0 Å². The van der Waals surface area contributed by atoms with Gasteiger partial charge in [0, 0.05) is 5.56 Å². The van der Waals surface area contributed by atoms with E-state index in [-0.39, 0.29) is 4.90 Å². The first-order chi connectivity index (χ1) is 12.8. The molecular formula is C22H22FNO2S. The second-order valence-electron chi connectivity index (χ2n) is 6.60. The van der Waals surface area contributed by atoms with E-state index in [1.165, 1.54) is 10.4 Å². The summed E-state index contributed by atoms with van der Waals surface area (Å²) in [6.45, 7) is 5.36. The number of halogens is 1. The average molecular weight is 383 g/mol. The van der Waals surface area contributed by atoms with Crippen molar-refractivity contribution in [1.29, 1.82) is 0 Å². The molecule has 0 spiro atoms. The molecule has 0 fully saturated rings.